The van der Waals surface area contributed by atoms with E-state index in [-0.39, 0.29) is 17.3 Å². The van der Waals surface area contributed by atoms with Gasteiger partial charge in [0, 0.05) is 29.9 Å². The average molecular weight is 804 g/mol. The molecule has 306 valence electrons. The molecule has 0 fully saturated rings. The summed E-state index contributed by atoms with van der Waals surface area (Å²) in [6, 6.07) is 16.8. The van der Waals surface area contributed by atoms with Crippen LogP contribution < -0.4 is 10.6 Å². The van der Waals surface area contributed by atoms with Crippen molar-refractivity contribution in [2.45, 2.75) is 165 Å². The molecule has 0 radical (unpaired) electrons. The van der Waals surface area contributed by atoms with Gasteiger partial charge in [-0.15, -0.1) is 11.3 Å². The summed E-state index contributed by atoms with van der Waals surface area (Å²) >= 11 is 1.56. The number of sulfone groups is 1. The largest absolute Gasteiger partial charge is 0.480 e. The number of carbonyl (C=O) groups is 1. The fraction of sp³-hybridized carbons (Fsp3) is 0.556. The Labute approximate surface area is 340 Å². The SMILES string of the molecule is CCCCCCCCCCCCCCCCCCCCCCC(Nc1cccc(C(NCc2ccc(-c3nccs3)cc2)S(=O)(=O)c2ccccn2)n1)C(=O)O. The highest BCUT2D eigenvalue weighted by atomic mass is 32.2. The molecule has 9 nitrogen and oxygen atoms in total. The minimum Gasteiger partial charge on any atom is -0.480 e. The smallest absolute Gasteiger partial charge is 0.326 e. The third kappa shape index (κ3) is 16.4. The molecular formula is C45H65N5O4S2. The van der Waals surface area contributed by atoms with Gasteiger partial charge in [0.1, 0.15) is 16.9 Å². The predicted molar refractivity (Wildman–Crippen MR) is 230 cm³/mol. The third-order valence-electron chi connectivity index (χ3n) is 10.4. The second-order valence-corrected chi connectivity index (χ2v) is 17.9. The van der Waals surface area contributed by atoms with E-state index in [1.54, 1.807) is 47.9 Å². The van der Waals surface area contributed by atoms with E-state index in [1.807, 2.05) is 29.6 Å². The number of unbranched alkanes of at least 4 members (excludes halogenated alkanes) is 19. The monoisotopic (exact) mass is 803 g/mol. The van der Waals surface area contributed by atoms with E-state index in [4.69, 9.17) is 0 Å². The molecule has 56 heavy (non-hydrogen) atoms. The number of hydrogen-bond donors (Lipinski definition) is 3. The molecule has 11 heteroatoms. The van der Waals surface area contributed by atoms with Gasteiger partial charge < -0.3 is 10.4 Å². The molecule has 0 bridgehead atoms. The van der Waals surface area contributed by atoms with E-state index in [2.05, 4.69) is 32.5 Å². The van der Waals surface area contributed by atoms with Crippen LogP contribution >= 0.6 is 11.3 Å². The molecule has 4 rings (SSSR count). The fourth-order valence-corrected chi connectivity index (χ4v) is 9.18. The molecule has 3 aromatic heterocycles. The van der Waals surface area contributed by atoms with Crippen LogP contribution in [0.1, 0.15) is 158 Å². The van der Waals surface area contributed by atoms with Crippen LogP contribution in [0.2, 0.25) is 0 Å². The van der Waals surface area contributed by atoms with Gasteiger partial charge in [0.25, 0.3) is 0 Å². The molecule has 0 aliphatic rings. The highest BCUT2D eigenvalue weighted by Gasteiger charge is 2.31. The van der Waals surface area contributed by atoms with Crippen molar-refractivity contribution in [2.75, 3.05) is 5.32 Å². The predicted octanol–water partition coefficient (Wildman–Crippen LogP) is 11.9. The van der Waals surface area contributed by atoms with Crippen molar-refractivity contribution in [1.82, 2.24) is 20.3 Å². The number of nitrogens with one attached hydrogen (secondary N) is 2. The molecule has 0 saturated heterocycles. The van der Waals surface area contributed by atoms with E-state index < -0.39 is 27.2 Å². The molecule has 2 atom stereocenters. The zero-order chi connectivity index (χ0) is 39.7. The number of aliphatic carboxylic acids is 1. The lowest BCUT2D eigenvalue weighted by molar-refractivity contribution is -0.138. The summed E-state index contributed by atoms with van der Waals surface area (Å²) in [4.78, 5) is 25.4. The standard InChI is InChI=1S/C45H65N5O4S2/c1-2-3-4-5-6-7-8-9-10-11-12-13-14-15-16-17-18-19-20-21-25-40(45(51)52)50-41-27-24-26-39(49-41)44(56(53,54)42-28-22-23-33-46-42)48-36-37-29-31-38(32-30-37)43-47-34-35-55-43/h22-24,26-35,40,44,48H,2-21,25,36H2,1H3,(H,49,50)(H,51,52). The highest BCUT2D eigenvalue weighted by Crippen LogP contribution is 2.27. The molecule has 0 spiro atoms. The zero-order valence-corrected chi connectivity index (χ0v) is 35.2. The lowest BCUT2D eigenvalue weighted by Crippen LogP contribution is -2.31. The van der Waals surface area contributed by atoms with Gasteiger partial charge in [0.15, 0.2) is 10.4 Å². The molecular weight excluding hydrogens is 739 g/mol. The van der Waals surface area contributed by atoms with Gasteiger partial charge in [-0.2, -0.15) is 0 Å². The summed E-state index contributed by atoms with van der Waals surface area (Å²) in [6.07, 6.45) is 29.7. The van der Waals surface area contributed by atoms with Crippen LogP contribution in [0.25, 0.3) is 10.6 Å². The Morgan fingerprint density at radius 2 is 1.29 bits per heavy atom. The first kappa shape index (κ1) is 45.0. The Bertz CT molecular complexity index is 1740. The van der Waals surface area contributed by atoms with Crippen LogP contribution in [0.4, 0.5) is 5.82 Å². The highest BCUT2D eigenvalue weighted by molar-refractivity contribution is 7.91. The molecule has 0 saturated carbocycles. The second-order valence-electron chi connectivity index (χ2n) is 15.0. The first-order chi connectivity index (χ1) is 27.4. The molecule has 0 amide bonds. The maximum Gasteiger partial charge on any atom is 0.326 e. The van der Waals surface area contributed by atoms with Crippen molar-refractivity contribution in [2.24, 2.45) is 0 Å². The molecule has 1 aromatic carbocycles. The topological polar surface area (TPSA) is 134 Å². The van der Waals surface area contributed by atoms with Crippen LogP contribution in [0.15, 0.2) is 83.5 Å². The van der Waals surface area contributed by atoms with Crippen LogP contribution in [-0.2, 0) is 21.2 Å². The Morgan fingerprint density at radius 1 is 0.696 bits per heavy atom. The minimum atomic E-state index is -4.01. The number of thiazole rings is 1. The summed E-state index contributed by atoms with van der Waals surface area (Å²) in [5, 5.41) is 17.8. The van der Waals surface area contributed by atoms with E-state index in [9.17, 15) is 18.3 Å². The van der Waals surface area contributed by atoms with Crippen LogP contribution in [0, 0.1) is 0 Å². The van der Waals surface area contributed by atoms with Gasteiger partial charge in [0.2, 0.25) is 9.84 Å². The third-order valence-corrected chi connectivity index (χ3v) is 13.0. The number of nitrogens with zero attached hydrogens (tertiary/aromatic N) is 3. The molecule has 0 aliphatic carbocycles. The normalized spacial score (nSPS) is 12.7. The van der Waals surface area contributed by atoms with Crippen LogP contribution in [-0.4, -0.2) is 40.5 Å². The first-order valence-electron chi connectivity index (χ1n) is 21.2. The van der Waals surface area contributed by atoms with Gasteiger partial charge >= 0.3 is 5.97 Å². The minimum absolute atomic E-state index is 0.0696. The Kier molecular flexibility index (Phi) is 21.1. The van der Waals surface area contributed by atoms with Crippen molar-refractivity contribution in [3.63, 3.8) is 0 Å². The molecule has 3 N–H and O–H groups in total. The number of hydrogen-bond acceptors (Lipinski definition) is 9. The number of carboxylic acid groups (broad SMARTS) is 1. The van der Waals surface area contributed by atoms with Crippen molar-refractivity contribution in [3.05, 3.63) is 89.7 Å². The van der Waals surface area contributed by atoms with Crippen molar-refractivity contribution in [1.29, 1.82) is 0 Å². The van der Waals surface area contributed by atoms with Crippen molar-refractivity contribution in [3.8, 4) is 10.6 Å². The Balaban J connectivity index is 1.17. The first-order valence-corrected chi connectivity index (χ1v) is 23.6. The molecule has 3 heterocycles. The van der Waals surface area contributed by atoms with Crippen molar-refractivity contribution >= 4 is 33.0 Å². The maximum absolute atomic E-state index is 13.9. The number of anilines is 1. The second kappa shape index (κ2) is 26.3. The summed E-state index contributed by atoms with van der Waals surface area (Å²) < 4.78 is 27.8. The Morgan fingerprint density at radius 3 is 1.80 bits per heavy atom. The molecule has 2 unspecified atom stereocenters. The Hall–Kier alpha value is -3.67. The lowest BCUT2D eigenvalue weighted by Gasteiger charge is -2.21. The zero-order valence-electron chi connectivity index (χ0n) is 33.5. The number of rotatable bonds is 31. The van der Waals surface area contributed by atoms with E-state index in [0.29, 0.717) is 12.2 Å². The number of aromatic nitrogens is 3. The summed E-state index contributed by atoms with van der Waals surface area (Å²) in [5.74, 6) is -0.633. The van der Waals surface area contributed by atoms with Gasteiger partial charge in [-0.3, -0.25) is 5.32 Å². The quantitative estimate of drug-likeness (QED) is 0.0425. The molecule has 4 aromatic rings. The number of benzene rings is 1. The van der Waals surface area contributed by atoms with Crippen molar-refractivity contribution < 1.29 is 18.3 Å². The summed E-state index contributed by atoms with van der Waals surface area (Å²) in [7, 11) is -4.01. The van der Waals surface area contributed by atoms with E-state index >= 15 is 0 Å². The van der Waals surface area contributed by atoms with E-state index in [1.165, 1.54) is 121 Å². The van der Waals surface area contributed by atoms with Gasteiger partial charge in [-0.25, -0.2) is 28.2 Å². The average Bonchev–Trinajstić information content (AvgIpc) is 3.76. The lowest BCUT2D eigenvalue weighted by atomic mass is 10.0. The number of carboxylic acids is 1. The van der Waals surface area contributed by atoms with Gasteiger partial charge in [-0.05, 0) is 36.2 Å². The van der Waals surface area contributed by atoms with Crippen LogP contribution in [0.3, 0.4) is 0 Å². The van der Waals surface area contributed by atoms with Gasteiger partial charge in [-0.1, -0.05) is 172 Å². The van der Waals surface area contributed by atoms with E-state index in [0.717, 1.165) is 35.4 Å². The molecule has 0 aliphatic heterocycles. The summed E-state index contributed by atoms with van der Waals surface area (Å²) in [6.45, 7) is 2.53. The fourth-order valence-electron chi connectivity index (χ4n) is 7.07. The van der Waals surface area contributed by atoms with Gasteiger partial charge in [0.05, 0.1) is 5.69 Å². The van der Waals surface area contributed by atoms with Crippen LogP contribution in [0.5, 0.6) is 0 Å². The number of pyridine rings is 2. The maximum atomic E-state index is 13.9. The summed E-state index contributed by atoms with van der Waals surface area (Å²) in [5.41, 5.74) is 2.13.